The van der Waals surface area contributed by atoms with E-state index in [1.54, 1.807) is 27.7 Å². The highest BCUT2D eigenvalue weighted by Crippen LogP contribution is 2.59. The molecule has 0 saturated heterocycles. The van der Waals surface area contributed by atoms with Crippen LogP contribution >= 0.6 is 15.2 Å². The minimum atomic E-state index is -3.52. The molecule has 0 fully saturated rings. The monoisotopic (exact) mass is 410 g/mol. The van der Waals surface area contributed by atoms with E-state index in [0.29, 0.717) is 24.3 Å². The van der Waals surface area contributed by atoms with Crippen LogP contribution in [-0.2, 0) is 27.2 Å². The first-order chi connectivity index (χ1) is 12.4. The van der Waals surface area contributed by atoms with Gasteiger partial charge in [0.05, 0.1) is 37.9 Å². The maximum absolute atomic E-state index is 13.2. The molecule has 8 nitrogen and oxygen atoms in total. The Morgan fingerprint density at radius 3 is 1.12 bits per heavy atom. The molecule has 2 unspecified atom stereocenters. The van der Waals surface area contributed by atoms with Gasteiger partial charge in [-0.05, 0) is 40.5 Å². The van der Waals surface area contributed by atoms with Crippen LogP contribution in [-0.4, -0.2) is 49.4 Å². The Morgan fingerprint density at radius 1 is 0.654 bits per heavy atom. The number of hydrogen-bond acceptors (Lipinski definition) is 8. The second-order valence-electron chi connectivity index (χ2n) is 5.45. The molecule has 0 saturated carbocycles. The summed E-state index contributed by atoms with van der Waals surface area (Å²) in [6.07, 6.45) is 0.952. The molecule has 26 heavy (non-hydrogen) atoms. The van der Waals surface area contributed by atoms with E-state index in [2.05, 4.69) is 9.98 Å². The van der Waals surface area contributed by atoms with E-state index in [4.69, 9.17) is 18.1 Å². The molecular weight excluding hydrogens is 378 g/mol. The van der Waals surface area contributed by atoms with E-state index in [-0.39, 0.29) is 26.4 Å². The molecular formula is C16H32N2O6P2. The van der Waals surface area contributed by atoms with E-state index in [9.17, 15) is 9.13 Å². The third kappa shape index (κ3) is 5.34. The lowest BCUT2D eigenvalue weighted by atomic mass is 10.2. The number of aliphatic imine (C=N–C) groups is 2. The quantitative estimate of drug-likeness (QED) is 0.425. The highest BCUT2D eigenvalue weighted by molar-refractivity contribution is 7.56. The van der Waals surface area contributed by atoms with Crippen LogP contribution in [0, 0.1) is 0 Å². The van der Waals surface area contributed by atoms with Crippen molar-refractivity contribution < 1.29 is 27.2 Å². The molecule has 0 bridgehead atoms. The normalized spacial score (nSPS) is 21.5. The zero-order valence-electron chi connectivity index (χ0n) is 16.6. The van der Waals surface area contributed by atoms with E-state index < -0.39 is 26.8 Å². The topological polar surface area (TPSA) is 95.8 Å². The van der Waals surface area contributed by atoms with Crippen LogP contribution in [0.25, 0.3) is 0 Å². The average molecular weight is 410 g/mol. The van der Waals surface area contributed by atoms with Gasteiger partial charge in [0.1, 0.15) is 0 Å². The zero-order valence-corrected chi connectivity index (χ0v) is 18.4. The SMILES string of the molecule is CCOP(=O)(OCC)C1N=C(CC)C(P(=O)(OCC)OCC)N=C1CC. The standard InChI is InChI=1S/C16H32N2O6P2/c1-7-13-15(25(19,21-9-3)22-10-4)18-14(8-2)16(17-13)26(20,23-11-5)24-12-6/h15-16H,7-12H2,1-6H3. The van der Waals surface area contributed by atoms with Gasteiger partial charge in [0, 0.05) is 0 Å². The summed E-state index contributed by atoms with van der Waals surface area (Å²) in [6, 6.07) is 0. The Kier molecular flexibility index (Phi) is 9.87. The minimum absolute atomic E-state index is 0.238. The van der Waals surface area contributed by atoms with Gasteiger partial charge in [-0.2, -0.15) is 0 Å². The summed E-state index contributed by atoms with van der Waals surface area (Å²) in [5.74, 6) is -1.65. The Morgan fingerprint density at radius 2 is 0.923 bits per heavy atom. The maximum Gasteiger partial charge on any atom is 0.360 e. The molecule has 0 aromatic carbocycles. The van der Waals surface area contributed by atoms with Crippen LogP contribution in [0.1, 0.15) is 54.4 Å². The first-order valence-corrected chi connectivity index (χ1v) is 12.5. The molecule has 0 aromatic rings. The Balaban J connectivity index is 3.40. The molecule has 0 aromatic heterocycles. The molecule has 1 aliphatic heterocycles. The summed E-state index contributed by atoms with van der Waals surface area (Å²) >= 11 is 0. The van der Waals surface area contributed by atoms with Gasteiger partial charge in [0.25, 0.3) is 0 Å². The van der Waals surface area contributed by atoms with Crippen LogP contribution in [0.2, 0.25) is 0 Å². The molecule has 10 heteroatoms. The van der Waals surface area contributed by atoms with Gasteiger partial charge in [0.2, 0.25) is 0 Å². The predicted molar refractivity (Wildman–Crippen MR) is 105 cm³/mol. The second-order valence-corrected chi connectivity index (χ2v) is 9.62. The molecule has 0 aliphatic carbocycles. The van der Waals surface area contributed by atoms with Crippen molar-refractivity contribution in [3.05, 3.63) is 0 Å². The molecule has 1 aliphatic rings. The fraction of sp³-hybridized carbons (Fsp3) is 0.875. The molecule has 1 rings (SSSR count). The summed E-state index contributed by atoms with van der Waals surface area (Å²) < 4.78 is 48.3. The lowest BCUT2D eigenvalue weighted by Gasteiger charge is -2.32. The van der Waals surface area contributed by atoms with Gasteiger partial charge in [-0.25, -0.2) is 0 Å². The predicted octanol–water partition coefficient (Wildman–Crippen LogP) is 4.89. The van der Waals surface area contributed by atoms with Crippen molar-refractivity contribution in [1.82, 2.24) is 0 Å². The van der Waals surface area contributed by atoms with E-state index >= 15 is 0 Å². The zero-order chi connectivity index (χ0) is 19.8. The van der Waals surface area contributed by atoms with E-state index in [1.165, 1.54) is 0 Å². The van der Waals surface area contributed by atoms with Crippen LogP contribution in [0.5, 0.6) is 0 Å². The van der Waals surface area contributed by atoms with Gasteiger partial charge >= 0.3 is 15.2 Å². The summed E-state index contributed by atoms with van der Waals surface area (Å²) in [4.78, 5) is 9.23. The highest BCUT2D eigenvalue weighted by Gasteiger charge is 2.47. The second kappa shape index (κ2) is 10.8. The average Bonchev–Trinajstić information content (AvgIpc) is 2.61. The third-order valence-electron chi connectivity index (χ3n) is 3.73. The number of hydrogen-bond donors (Lipinski definition) is 0. The summed E-state index contributed by atoms with van der Waals surface area (Å²) in [7, 11) is -7.03. The van der Waals surface area contributed by atoms with Crippen LogP contribution < -0.4 is 0 Å². The first-order valence-electron chi connectivity index (χ1n) is 9.26. The lowest BCUT2D eigenvalue weighted by molar-refractivity contribution is 0.213. The van der Waals surface area contributed by atoms with Crippen molar-refractivity contribution in [2.45, 2.75) is 65.9 Å². The smallest absolute Gasteiger partial charge is 0.307 e. The molecule has 1 heterocycles. The lowest BCUT2D eigenvalue weighted by Crippen LogP contribution is -2.34. The third-order valence-corrected chi connectivity index (χ3v) is 8.23. The van der Waals surface area contributed by atoms with Crippen LogP contribution in [0.4, 0.5) is 0 Å². The van der Waals surface area contributed by atoms with Crippen molar-refractivity contribution in [3.63, 3.8) is 0 Å². The first kappa shape index (κ1) is 23.7. The summed E-state index contributed by atoms with van der Waals surface area (Å²) in [5, 5.41) is 0. The van der Waals surface area contributed by atoms with Crippen molar-refractivity contribution >= 4 is 26.6 Å². The minimum Gasteiger partial charge on any atom is -0.307 e. The van der Waals surface area contributed by atoms with Crippen LogP contribution in [0.15, 0.2) is 9.98 Å². The molecule has 0 amide bonds. The van der Waals surface area contributed by atoms with E-state index in [1.807, 2.05) is 13.8 Å². The molecule has 2 atom stereocenters. The van der Waals surface area contributed by atoms with Crippen molar-refractivity contribution in [1.29, 1.82) is 0 Å². The van der Waals surface area contributed by atoms with Gasteiger partial charge in [-0.3, -0.25) is 19.1 Å². The fourth-order valence-corrected chi connectivity index (χ4v) is 6.69. The van der Waals surface area contributed by atoms with Gasteiger partial charge < -0.3 is 18.1 Å². The molecule has 152 valence electrons. The van der Waals surface area contributed by atoms with Crippen molar-refractivity contribution in [2.24, 2.45) is 9.98 Å². The van der Waals surface area contributed by atoms with Crippen LogP contribution in [0.3, 0.4) is 0 Å². The fourth-order valence-electron chi connectivity index (χ4n) is 2.73. The summed E-state index contributed by atoms with van der Waals surface area (Å²) in [6.45, 7) is 11.7. The molecule has 0 spiro atoms. The largest absolute Gasteiger partial charge is 0.360 e. The Hall–Kier alpha value is -0.360. The van der Waals surface area contributed by atoms with Gasteiger partial charge in [0.15, 0.2) is 11.6 Å². The van der Waals surface area contributed by atoms with Crippen molar-refractivity contribution in [3.8, 4) is 0 Å². The number of nitrogens with zero attached hydrogens (tertiary/aromatic N) is 2. The van der Waals surface area contributed by atoms with Crippen molar-refractivity contribution in [2.75, 3.05) is 26.4 Å². The Labute approximate surface area is 156 Å². The number of rotatable bonds is 12. The Bertz CT molecular complexity index is 536. The summed E-state index contributed by atoms with van der Waals surface area (Å²) in [5.41, 5.74) is 1.05. The molecule has 0 radical (unpaired) electrons. The van der Waals surface area contributed by atoms with Gasteiger partial charge in [-0.1, -0.05) is 13.8 Å². The highest BCUT2D eigenvalue weighted by atomic mass is 31.2. The van der Waals surface area contributed by atoms with Gasteiger partial charge in [-0.15, -0.1) is 0 Å². The molecule has 0 N–H and O–H groups in total. The van der Waals surface area contributed by atoms with E-state index in [0.717, 1.165) is 0 Å². The maximum atomic E-state index is 13.2.